The number of nitrogens with zero attached hydrogens (tertiary/aromatic N) is 1. The highest BCUT2D eigenvalue weighted by Gasteiger charge is 2.87. The van der Waals surface area contributed by atoms with Crippen LogP contribution in [-0.4, -0.2) is 84.6 Å². The van der Waals surface area contributed by atoms with E-state index in [9.17, 15) is 65.2 Å². The summed E-state index contributed by atoms with van der Waals surface area (Å²) >= 11 is 0. The summed E-state index contributed by atoms with van der Waals surface area (Å²) in [5.41, 5.74) is 0. The van der Waals surface area contributed by atoms with Crippen LogP contribution >= 0.6 is 0 Å². The first-order valence-electron chi connectivity index (χ1n) is 12.6. The number of esters is 1. The van der Waals surface area contributed by atoms with Crippen LogP contribution in [0.1, 0.15) is 38.5 Å². The van der Waals surface area contributed by atoms with Crippen molar-refractivity contribution in [3.8, 4) is 0 Å². The molecule has 0 aromatic rings. The van der Waals surface area contributed by atoms with Crippen LogP contribution in [0.15, 0.2) is 0 Å². The summed E-state index contributed by atoms with van der Waals surface area (Å²) in [5.74, 6) is -18.0. The number of carbonyl (C=O) groups excluding carboxylic acids is 1. The summed E-state index contributed by atoms with van der Waals surface area (Å²) in [6.07, 6.45) is -4.62. The lowest BCUT2D eigenvalue weighted by Crippen LogP contribution is -2.66. The third kappa shape index (κ3) is 5.04. The molecule has 23 heteroatoms. The Labute approximate surface area is 239 Å². The zero-order valence-electron chi connectivity index (χ0n) is 21.3. The van der Waals surface area contributed by atoms with Gasteiger partial charge in [0.05, 0.1) is 12.7 Å². The predicted molar refractivity (Wildman–Crippen MR) is 121 cm³/mol. The van der Waals surface area contributed by atoms with E-state index >= 15 is 0 Å². The molecule has 3 unspecified atom stereocenters. The summed E-state index contributed by atoms with van der Waals surface area (Å²) < 4.78 is 208. The lowest BCUT2D eigenvalue weighted by Gasteiger charge is -2.53. The number of ether oxygens (including phenoxy) is 2. The normalized spacial score (nSPS) is 35.3. The number of sulfonamides is 1. The molecule has 6 aliphatic rings. The Morgan fingerprint density at radius 1 is 0.744 bits per heavy atom. The molecule has 4 saturated carbocycles. The minimum atomic E-state index is -7.86. The van der Waals surface area contributed by atoms with Crippen molar-refractivity contribution in [3.63, 3.8) is 0 Å². The number of alkyl halides is 8. The second-order valence-electron chi connectivity index (χ2n) is 11.2. The maximum absolute atomic E-state index is 14.5. The number of rotatable bonds is 11. The van der Waals surface area contributed by atoms with Gasteiger partial charge in [-0.3, -0.25) is 4.18 Å². The van der Waals surface area contributed by atoms with Gasteiger partial charge in [0.15, 0.2) is 10.0 Å². The molecule has 2 aliphatic heterocycles. The van der Waals surface area contributed by atoms with E-state index in [0.717, 1.165) is 6.42 Å². The van der Waals surface area contributed by atoms with E-state index in [-0.39, 0.29) is 24.9 Å². The maximum atomic E-state index is 14.5. The standard InChI is InChI=1S/C20H22F8NO11S3/c21-17(22,18(23,24)20(27,28)42(33,34)39-15-14-12(1-2-37-14)38-16(15)30)19(25,26)41(31,32)29-43(35,36)40-13-10-4-8-3-9(6-10)7-11(13)5-8/h8-15H,1-7H2/q-1. The zero-order valence-corrected chi connectivity index (χ0v) is 23.7. The van der Waals surface area contributed by atoms with Crippen LogP contribution in [0.3, 0.4) is 0 Å². The Hall–Kier alpha value is -1.40. The molecule has 6 rings (SSSR count). The number of carbonyl (C=O) groups is 1. The van der Waals surface area contributed by atoms with Crippen molar-refractivity contribution in [1.82, 2.24) is 0 Å². The van der Waals surface area contributed by atoms with E-state index in [1.807, 2.05) is 0 Å². The molecule has 248 valence electrons. The van der Waals surface area contributed by atoms with Gasteiger partial charge in [-0.1, -0.05) is 0 Å². The van der Waals surface area contributed by atoms with Gasteiger partial charge in [0.1, 0.15) is 12.2 Å². The Kier molecular flexibility index (Phi) is 7.71. The third-order valence-corrected chi connectivity index (χ3v) is 12.7. The van der Waals surface area contributed by atoms with Gasteiger partial charge in [-0.05, 0) is 55.8 Å². The number of hydrogen-bond donors (Lipinski definition) is 0. The molecule has 6 fully saturated rings. The highest BCUT2D eigenvalue weighted by molar-refractivity contribution is 8.10. The SMILES string of the molecule is O=C1OC2CCOC2C1OS(=O)(=O)C(F)(F)C(F)(F)C(F)(F)C(F)(F)S(=O)(=O)[N-]S(=O)(=O)OC1C2CC3CC(C2)CC1C3. The molecule has 0 aromatic heterocycles. The first-order valence-corrected chi connectivity index (χ1v) is 16.8. The van der Waals surface area contributed by atoms with E-state index in [4.69, 9.17) is 4.74 Å². The second kappa shape index (κ2) is 10.0. The monoisotopic (exact) mass is 700 g/mol. The van der Waals surface area contributed by atoms with Gasteiger partial charge < -0.3 is 13.6 Å². The molecule has 43 heavy (non-hydrogen) atoms. The third-order valence-electron chi connectivity index (χ3n) is 8.43. The second-order valence-corrected chi connectivity index (χ2v) is 15.9. The van der Waals surface area contributed by atoms with Crippen LogP contribution in [0.4, 0.5) is 35.1 Å². The molecule has 0 N–H and O–H groups in total. The van der Waals surface area contributed by atoms with Gasteiger partial charge in [0.25, 0.3) is 0 Å². The van der Waals surface area contributed by atoms with Crippen molar-refractivity contribution in [2.24, 2.45) is 23.7 Å². The predicted octanol–water partition coefficient (Wildman–Crippen LogP) is 2.66. The van der Waals surface area contributed by atoms with Crippen molar-refractivity contribution in [2.45, 2.75) is 85.3 Å². The number of fused-ring (bicyclic) bond motifs is 1. The first-order chi connectivity index (χ1) is 19.4. The first kappa shape index (κ1) is 33.0. The average Bonchev–Trinajstić information content (AvgIpc) is 3.41. The molecule has 2 saturated heterocycles. The fraction of sp³-hybridized carbons (Fsp3) is 0.950. The van der Waals surface area contributed by atoms with E-state index in [1.54, 1.807) is 4.13 Å². The highest BCUT2D eigenvalue weighted by Crippen LogP contribution is 2.58. The number of hydrogen-bond acceptors (Lipinski definition) is 11. The summed E-state index contributed by atoms with van der Waals surface area (Å²) in [6, 6.07) is 0. The van der Waals surface area contributed by atoms with Gasteiger partial charge in [0.2, 0.25) is 16.4 Å². The smallest absolute Gasteiger partial charge is 0.438 e. The lowest BCUT2D eigenvalue weighted by molar-refractivity contribution is -0.327. The molecule has 4 bridgehead atoms. The molecular weight excluding hydrogens is 678 g/mol. The Morgan fingerprint density at radius 2 is 1.26 bits per heavy atom. The van der Waals surface area contributed by atoms with Crippen LogP contribution in [0, 0.1) is 23.7 Å². The minimum absolute atomic E-state index is 0.121. The molecular formula is C20H22F8NO11S3-. The van der Waals surface area contributed by atoms with Crippen LogP contribution in [0.5, 0.6) is 0 Å². The number of halogens is 8. The lowest BCUT2D eigenvalue weighted by atomic mass is 9.55. The molecule has 0 spiro atoms. The van der Waals surface area contributed by atoms with E-state index < -0.39 is 95.0 Å². The Balaban J connectivity index is 1.36. The summed E-state index contributed by atoms with van der Waals surface area (Å²) in [6.45, 7) is -0.254. The highest BCUT2D eigenvalue weighted by atomic mass is 32.3. The molecule has 0 aromatic carbocycles. The van der Waals surface area contributed by atoms with Crippen LogP contribution < -0.4 is 0 Å². The minimum Gasteiger partial charge on any atom is -0.457 e. The molecule has 12 nitrogen and oxygen atoms in total. The van der Waals surface area contributed by atoms with Crippen molar-refractivity contribution in [2.75, 3.05) is 6.61 Å². The molecule has 0 radical (unpaired) electrons. The Morgan fingerprint density at radius 3 is 1.79 bits per heavy atom. The van der Waals surface area contributed by atoms with E-state index in [0.29, 0.717) is 25.7 Å². The Bertz CT molecular complexity index is 1460. The van der Waals surface area contributed by atoms with E-state index in [2.05, 4.69) is 13.1 Å². The average molecular weight is 701 g/mol. The zero-order chi connectivity index (χ0) is 32.2. The molecule has 0 amide bonds. The molecule has 3 atom stereocenters. The summed E-state index contributed by atoms with van der Waals surface area (Å²) in [5, 5.41) is -14.8. The van der Waals surface area contributed by atoms with Crippen molar-refractivity contribution in [3.05, 3.63) is 4.13 Å². The molecule has 2 heterocycles. The van der Waals surface area contributed by atoms with Crippen molar-refractivity contribution >= 4 is 36.4 Å². The topological polar surface area (TPSA) is 171 Å². The summed E-state index contributed by atoms with van der Waals surface area (Å²) in [7, 11) is -21.3. The van der Waals surface area contributed by atoms with Crippen molar-refractivity contribution < 1.29 is 83.0 Å². The fourth-order valence-electron chi connectivity index (χ4n) is 6.68. The van der Waals surface area contributed by atoms with Gasteiger partial charge in [0, 0.05) is 6.42 Å². The maximum Gasteiger partial charge on any atom is 0.438 e. The fourth-order valence-corrected chi connectivity index (χ4v) is 10.2. The van der Waals surface area contributed by atoms with Crippen molar-refractivity contribution in [1.29, 1.82) is 0 Å². The largest absolute Gasteiger partial charge is 0.457 e. The van der Waals surface area contributed by atoms with Crippen LogP contribution in [0.2, 0.25) is 0 Å². The summed E-state index contributed by atoms with van der Waals surface area (Å²) in [4.78, 5) is 11.7. The van der Waals surface area contributed by atoms with Crippen LogP contribution in [-0.2, 0) is 53.1 Å². The van der Waals surface area contributed by atoms with Crippen LogP contribution in [0.25, 0.3) is 4.13 Å². The van der Waals surface area contributed by atoms with E-state index in [1.165, 1.54) is 0 Å². The quantitative estimate of drug-likeness (QED) is 0.176. The van der Waals surface area contributed by atoms with Gasteiger partial charge in [-0.2, -0.15) is 43.5 Å². The van der Waals surface area contributed by atoms with Gasteiger partial charge in [-0.25, -0.2) is 25.8 Å². The molecule has 4 aliphatic carbocycles. The van der Waals surface area contributed by atoms with Gasteiger partial charge in [-0.15, -0.1) is 0 Å². The van der Waals surface area contributed by atoms with Gasteiger partial charge >= 0.3 is 38.4 Å².